The molecule has 1 aromatic rings. The van der Waals surface area contributed by atoms with Crippen molar-refractivity contribution in [1.82, 2.24) is 0 Å². The van der Waals surface area contributed by atoms with Crippen molar-refractivity contribution in [3.8, 4) is 11.8 Å². The van der Waals surface area contributed by atoms with Crippen LogP contribution >= 0.6 is 11.6 Å². The van der Waals surface area contributed by atoms with Gasteiger partial charge in [-0.3, -0.25) is 4.79 Å². The van der Waals surface area contributed by atoms with Crippen molar-refractivity contribution in [2.24, 2.45) is 0 Å². The highest BCUT2D eigenvalue weighted by molar-refractivity contribution is 7.06. The maximum Gasteiger partial charge on any atom is 0.206 e. The van der Waals surface area contributed by atoms with Gasteiger partial charge in [-0.05, 0) is 43.5 Å². The number of nitrogens with zero attached hydrogens (tertiary/aromatic N) is 1. The molecule has 21 heavy (non-hydrogen) atoms. The van der Waals surface area contributed by atoms with Gasteiger partial charge in [0.1, 0.15) is 19.9 Å². The fourth-order valence-electron chi connectivity index (χ4n) is 2.92. The average molecular weight is 323 g/mol. The Morgan fingerprint density at radius 3 is 2.67 bits per heavy atom. The number of phenolic OH excluding ortho intramolecular Hbond substituents is 1. The molecular weight excluding hydrogens is 304 g/mol. The lowest BCUT2D eigenvalue weighted by atomic mass is 9.78. The van der Waals surface area contributed by atoms with E-state index in [1.165, 1.54) is 0 Å². The summed E-state index contributed by atoms with van der Waals surface area (Å²) in [5.74, 6) is 0.0549. The normalized spacial score (nSPS) is 16.7. The van der Waals surface area contributed by atoms with Crippen molar-refractivity contribution in [2.45, 2.75) is 43.9 Å². The molecule has 0 bridgehead atoms. The Morgan fingerprint density at radius 2 is 2.19 bits per heavy atom. The molecule has 0 aliphatic heterocycles. The first-order valence-corrected chi connectivity index (χ1v) is 10.6. The van der Waals surface area contributed by atoms with E-state index in [0.29, 0.717) is 5.02 Å². The number of anilines is 1. The van der Waals surface area contributed by atoms with Crippen LogP contribution in [0.25, 0.3) is 0 Å². The molecule has 0 unspecified atom stereocenters. The van der Waals surface area contributed by atoms with E-state index in [0.717, 1.165) is 31.0 Å². The Balaban J connectivity index is 2.17. The van der Waals surface area contributed by atoms with E-state index in [2.05, 4.69) is 5.32 Å². The number of phenols is 1. The number of carbonyl (C=O) groups excluding carboxylic acids is 1. The number of halogens is 1. The zero-order valence-electron chi connectivity index (χ0n) is 12.2. The van der Waals surface area contributed by atoms with Crippen LogP contribution in [0.5, 0.6) is 5.75 Å². The van der Waals surface area contributed by atoms with E-state index in [-0.39, 0.29) is 16.7 Å². The predicted octanol–water partition coefficient (Wildman–Crippen LogP) is 3.72. The number of nitriles is 1. The average Bonchev–Trinajstić information content (AvgIpc) is 2.39. The molecule has 4 nitrogen and oxygen atoms in total. The highest BCUT2D eigenvalue weighted by Crippen LogP contribution is 2.42. The Kier molecular flexibility index (Phi) is 4.31. The Morgan fingerprint density at radius 1 is 1.52 bits per heavy atom. The molecule has 1 aliphatic rings. The molecule has 1 aromatic carbocycles. The van der Waals surface area contributed by atoms with Gasteiger partial charge in [-0.2, -0.15) is 5.26 Å². The third-order valence-corrected chi connectivity index (χ3v) is 7.37. The first-order chi connectivity index (χ1) is 9.78. The van der Waals surface area contributed by atoms with Crippen LogP contribution in [0.1, 0.15) is 19.3 Å². The number of carbonyl (C=O) groups is 1. The minimum atomic E-state index is -2.24. The Labute approximate surface area is 130 Å². The molecular formula is C15H19ClN2O2Si. The quantitative estimate of drug-likeness (QED) is 0.492. The molecule has 0 radical (unpaired) electrons. The molecule has 0 atom stereocenters. The third kappa shape index (κ3) is 3.39. The summed E-state index contributed by atoms with van der Waals surface area (Å²) in [6.07, 6.45) is 3.09. The molecule has 6 heteroatoms. The maximum absolute atomic E-state index is 11.8. The molecule has 2 rings (SSSR count). The van der Waals surface area contributed by atoms with E-state index < -0.39 is 8.07 Å². The van der Waals surface area contributed by atoms with Gasteiger partial charge in [0.2, 0.25) is 5.41 Å². The summed E-state index contributed by atoms with van der Waals surface area (Å²) in [6.45, 7) is 3.90. The monoisotopic (exact) mass is 322 g/mol. The summed E-state index contributed by atoms with van der Waals surface area (Å²) < 4.78 is 0. The van der Waals surface area contributed by atoms with Crippen LogP contribution in [0, 0.1) is 11.3 Å². The molecule has 0 aromatic heterocycles. The van der Waals surface area contributed by atoms with Gasteiger partial charge in [0, 0.05) is 11.2 Å². The van der Waals surface area contributed by atoms with Gasteiger partial charge in [-0.1, -0.05) is 24.7 Å². The topological polar surface area (TPSA) is 73.1 Å². The number of aromatic hydroxyl groups is 1. The van der Waals surface area contributed by atoms with Crippen molar-refractivity contribution >= 4 is 30.8 Å². The van der Waals surface area contributed by atoms with E-state index in [1.54, 1.807) is 24.3 Å². The Bertz CT molecular complexity index is 606. The van der Waals surface area contributed by atoms with Crippen LogP contribution in [-0.2, 0) is 4.79 Å². The van der Waals surface area contributed by atoms with Crippen LogP contribution in [0.4, 0.5) is 5.69 Å². The minimum absolute atomic E-state index is 0.0549. The second-order valence-corrected chi connectivity index (χ2v) is 11.4. The third-order valence-electron chi connectivity index (χ3n) is 4.16. The maximum atomic E-state index is 11.8. The molecule has 0 spiro atoms. The Hall–Kier alpha value is -1.51. The first kappa shape index (κ1) is 15.9. The number of hydrogen-bond donors (Lipinski definition) is 2. The standard InChI is InChI=1S/C15H19ClN2O2Si/c1-21(2,14(20)9-17)10-15(6-3-7-15)18-11-4-5-13(19)12(16)8-11/h4-5,8,18-19H,3,6-7,10H2,1-2H3. The van der Waals surface area contributed by atoms with Crippen LogP contribution in [0.2, 0.25) is 24.2 Å². The smallest absolute Gasteiger partial charge is 0.206 e. The number of hydrogen-bond acceptors (Lipinski definition) is 4. The van der Waals surface area contributed by atoms with E-state index in [9.17, 15) is 9.90 Å². The summed E-state index contributed by atoms with van der Waals surface area (Å²) in [5.41, 5.74) is 0.717. The zero-order valence-corrected chi connectivity index (χ0v) is 14.0. The lowest BCUT2D eigenvalue weighted by Crippen LogP contribution is -2.53. The van der Waals surface area contributed by atoms with Gasteiger partial charge in [0.15, 0.2) is 0 Å². The van der Waals surface area contributed by atoms with Crippen LogP contribution in [0.3, 0.4) is 0 Å². The number of benzene rings is 1. The fraction of sp³-hybridized carbons (Fsp3) is 0.467. The number of nitrogens with one attached hydrogen (secondary N) is 1. The SMILES string of the molecule is C[Si](C)(CC1(Nc2ccc(O)c(Cl)c2)CCC1)C(=O)C#N. The van der Waals surface area contributed by atoms with E-state index >= 15 is 0 Å². The summed E-state index contributed by atoms with van der Waals surface area (Å²) in [4.78, 5) is 11.8. The van der Waals surface area contributed by atoms with Crippen LogP contribution in [-0.4, -0.2) is 24.1 Å². The lowest BCUT2D eigenvalue weighted by molar-refractivity contribution is -0.108. The van der Waals surface area contributed by atoms with Gasteiger partial charge >= 0.3 is 0 Å². The van der Waals surface area contributed by atoms with Gasteiger partial charge in [0.05, 0.1) is 5.02 Å². The number of rotatable bonds is 5. The first-order valence-electron chi connectivity index (χ1n) is 6.99. The highest BCUT2D eigenvalue weighted by atomic mass is 35.5. The molecule has 2 N–H and O–H groups in total. The van der Waals surface area contributed by atoms with Crippen LogP contribution in [0.15, 0.2) is 18.2 Å². The highest BCUT2D eigenvalue weighted by Gasteiger charge is 2.45. The van der Waals surface area contributed by atoms with Crippen molar-refractivity contribution in [1.29, 1.82) is 5.26 Å². The van der Waals surface area contributed by atoms with Gasteiger partial charge in [-0.15, -0.1) is 0 Å². The van der Waals surface area contributed by atoms with Gasteiger partial charge < -0.3 is 10.4 Å². The second-order valence-electron chi connectivity index (χ2n) is 6.43. The molecule has 1 aliphatic carbocycles. The van der Waals surface area contributed by atoms with Crippen molar-refractivity contribution in [3.63, 3.8) is 0 Å². The molecule has 0 heterocycles. The van der Waals surface area contributed by atoms with Crippen molar-refractivity contribution < 1.29 is 9.90 Å². The molecule has 0 saturated heterocycles. The van der Waals surface area contributed by atoms with Gasteiger partial charge in [-0.25, -0.2) is 0 Å². The fourth-order valence-corrected chi connectivity index (χ4v) is 5.70. The van der Waals surface area contributed by atoms with Crippen molar-refractivity contribution in [3.05, 3.63) is 23.2 Å². The largest absolute Gasteiger partial charge is 0.506 e. The summed E-state index contributed by atoms with van der Waals surface area (Å²) in [5, 5.41) is 21.9. The second kappa shape index (κ2) is 5.70. The van der Waals surface area contributed by atoms with Crippen LogP contribution < -0.4 is 5.32 Å². The predicted molar refractivity (Wildman–Crippen MR) is 86.2 cm³/mol. The van der Waals surface area contributed by atoms with E-state index in [4.69, 9.17) is 16.9 Å². The molecule has 0 amide bonds. The molecule has 1 fully saturated rings. The molecule has 112 valence electrons. The summed E-state index contributed by atoms with van der Waals surface area (Å²) >= 11 is 5.93. The zero-order chi connectivity index (χ0) is 15.7. The minimum Gasteiger partial charge on any atom is -0.506 e. The lowest BCUT2D eigenvalue weighted by Gasteiger charge is -2.46. The summed E-state index contributed by atoms with van der Waals surface area (Å²) in [6, 6.07) is 7.57. The van der Waals surface area contributed by atoms with E-state index in [1.807, 2.05) is 13.1 Å². The van der Waals surface area contributed by atoms with Crippen molar-refractivity contribution in [2.75, 3.05) is 5.32 Å². The molecule has 1 saturated carbocycles. The summed E-state index contributed by atoms with van der Waals surface area (Å²) in [7, 11) is -2.24. The van der Waals surface area contributed by atoms with Gasteiger partial charge in [0.25, 0.3) is 0 Å².